The summed E-state index contributed by atoms with van der Waals surface area (Å²) in [6.07, 6.45) is 0. The number of carbonyl (C=O) groups is 1. The van der Waals surface area contributed by atoms with Gasteiger partial charge in [0.2, 0.25) is 0 Å². The molecule has 2 rings (SSSR count). The monoisotopic (exact) mass is 306 g/mol. The van der Waals surface area contributed by atoms with Crippen molar-refractivity contribution in [1.82, 2.24) is 5.32 Å². The molecular formula is C15H15ClN2OS. The zero-order valence-electron chi connectivity index (χ0n) is 11.0. The minimum atomic E-state index is -0.189. The molecule has 0 heterocycles. The summed E-state index contributed by atoms with van der Waals surface area (Å²) in [5.41, 5.74) is 0.774. The molecule has 0 aliphatic heterocycles. The van der Waals surface area contributed by atoms with Crippen LogP contribution < -0.4 is 10.6 Å². The highest BCUT2D eigenvalue weighted by molar-refractivity contribution is 7.99. The van der Waals surface area contributed by atoms with E-state index in [1.54, 1.807) is 11.8 Å². The van der Waals surface area contributed by atoms with Crippen LogP contribution in [0.4, 0.5) is 10.5 Å². The van der Waals surface area contributed by atoms with Crippen molar-refractivity contribution in [3.63, 3.8) is 0 Å². The summed E-state index contributed by atoms with van der Waals surface area (Å²) in [4.78, 5) is 13.6. The van der Waals surface area contributed by atoms with Gasteiger partial charge in [-0.05, 0) is 55.5 Å². The maximum atomic E-state index is 11.4. The van der Waals surface area contributed by atoms with Crippen molar-refractivity contribution in [1.29, 1.82) is 0 Å². The van der Waals surface area contributed by atoms with Gasteiger partial charge in [-0.15, -0.1) is 0 Å². The molecule has 2 N–H and O–H groups in total. The number of nitrogens with one attached hydrogen (secondary N) is 2. The summed E-state index contributed by atoms with van der Waals surface area (Å²) in [5.74, 6) is 0. The molecule has 0 radical (unpaired) electrons. The average Bonchev–Trinajstić information content (AvgIpc) is 2.44. The lowest BCUT2D eigenvalue weighted by Crippen LogP contribution is -2.28. The van der Waals surface area contributed by atoms with Gasteiger partial charge in [-0.25, -0.2) is 4.79 Å². The second-order valence-electron chi connectivity index (χ2n) is 4.06. The van der Waals surface area contributed by atoms with E-state index in [1.165, 1.54) is 0 Å². The number of hydrogen-bond acceptors (Lipinski definition) is 2. The first-order valence-corrected chi connectivity index (χ1v) is 7.45. The van der Waals surface area contributed by atoms with Gasteiger partial charge in [-0.3, -0.25) is 0 Å². The number of anilines is 1. The van der Waals surface area contributed by atoms with Gasteiger partial charge in [0.25, 0.3) is 0 Å². The molecule has 0 bridgehead atoms. The van der Waals surface area contributed by atoms with E-state index < -0.39 is 0 Å². The largest absolute Gasteiger partial charge is 0.338 e. The number of amides is 2. The van der Waals surface area contributed by atoms with Crippen LogP contribution in [-0.2, 0) is 0 Å². The molecule has 0 saturated carbocycles. The Kier molecular flexibility index (Phi) is 5.32. The number of benzene rings is 2. The molecule has 0 saturated heterocycles. The van der Waals surface area contributed by atoms with E-state index in [1.807, 2.05) is 55.5 Å². The highest BCUT2D eigenvalue weighted by atomic mass is 35.5. The molecule has 0 unspecified atom stereocenters. The zero-order chi connectivity index (χ0) is 14.4. The van der Waals surface area contributed by atoms with E-state index in [0.717, 1.165) is 20.5 Å². The lowest BCUT2D eigenvalue weighted by atomic mass is 10.3. The van der Waals surface area contributed by atoms with Crippen molar-refractivity contribution >= 4 is 35.1 Å². The minimum Gasteiger partial charge on any atom is -0.338 e. The molecule has 0 aliphatic carbocycles. The smallest absolute Gasteiger partial charge is 0.319 e. The zero-order valence-corrected chi connectivity index (χ0v) is 12.6. The molecule has 0 aromatic heterocycles. The molecule has 5 heteroatoms. The van der Waals surface area contributed by atoms with Crippen LogP contribution in [0.25, 0.3) is 0 Å². The van der Waals surface area contributed by atoms with Crippen LogP contribution in [0, 0.1) is 0 Å². The Bertz CT molecular complexity index is 569. The van der Waals surface area contributed by atoms with Gasteiger partial charge < -0.3 is 10.6 Å². The van der Waals surface area contributed by atoms with Crippen LogP contribution in [0.3, 0.4) is 0 Å². The van der Waals surface area contributed by atoms with Gasteiger partial charge >= 0.3 is 6.03 Å². The Morgan fingerprint density at radius 2 is 1.60 bits per heavy atom. The number of halogens is 1. The maximum absolute atomic E-state index is 11.4. The Morgan fingerprint density at radius 1 is 1.05 bits per heavy atom. The Labute approximate surface area is 127 Å². The van der Waals surface area contributed by atoms with E-state index in [4.69, 9.17) is 11.6 Å². The summed E-state index contributed by atoms with van der Waals surface area (Å²) in [6.45, 7) is 2.49. The predicted molar refractivity (Wildman–Crippen MR) is 84.7 cm³/mol. The average molecular weight is 307 g/mol. The summed E-state index contributed by atoms with van der Waals surface area (Å²) < 4.78 is 0. The van der Waals surface area contributed by atoms with Gasteiger partial charge in [0.05, 0.1) is 0 Å². The molecule has 20 heavy (non-hydrogen) atoms. The van der Waals surface area contributed by atoms with Crippen LogP contribution in [-0.4, -0.2) is 12.6 Å². The Hall–Kier alpha value is -1.65. The summed E-state index contributed by atoms with van der Waals surface area (Å²) >= 11 is 7.50. The molecule has 2 amide bonds. The van der Waals surface area contributed by atoms with Crippen LogP contribution >= 0.6 is 23.4 Å². The molecule has 0 spiro atoms. The quantitative estimate of drug-likeness (QED) is 0.864. The van der Waals surface area contributed by atoms with Gasteiger partial charge in [-0.2, -0.15) is 0 Å². The van der Waals surface area contributed by atoms with Gasteiger partial charge in [0.15, 0.2) is 0 Å². The topological polar surface area (TPSA) is 41.1 Å². The number of carbonyl (C=O) groups excluding carboxylic acids is 1. The number of hydrogen-bond donors (Lipinski definition) is 2. The predicted octanol–water partition coefficient (Wildman–Crippen LogP) is 4.63. The molecule has 3 nitrogen and oxygen atoms in total. The Morgan fingerprint density at radius 3 is 2.15 bits per heavy atom. The van der Waals surface area contributed by atoms with E-state index in [-0.39, 0.29) is 6.03 Å². The van der Waals surface area contributed by atoms with Crippen molar-refractivity contribution in [2.75, 3.05) is 11.9 Å². The standard InChI is InChI=1S/C15H15ClN2OS/c1-2-17-15(19)18-12-5-9-14(10-6-12)20-13-7-3-11(16)4-8-13/h3-10H,2H2,1H3,(H2,17,18,19). The van der Waals surface area contributed by atoms with E-state index in [9.17, 15) is 4.79 Å². The minimum absolute atomic E-state index is 0.189. The van der Waals surface area contributed by atoms with Crippen molar-refractivity contribution in [3.05, 3.63) is 53.6 Å². The van der Waals surface area contributed by atoms with Gasteiger partial charge in [0, 0.05) is 27.0 Å². The molecule has 2 aromatic rings. The van der Waals surface area contributed by atoms with E-state index in [2.05, 4.69) is 10.6 Å². The first kappa shape index (κ1) is 14.8. The molecule has 0 atom stereocenters. The third kappa shape index (κ3) is 4.47. The highest BCUT2D eigenvalue weighted by Crippen LogP contribution is 2.29. The summed E-state index contributed by atoms with van der Waals surface area (Å²) in [5, 5.41) is 6.18. The third-order valence-electron chi connectivity index (χ3n) is 2.50. The van der Waals surface area contributed by atoms with Gasteiger partial charge in [0.1, 0.15) is 0 Å². The first-order valence-electron chi connectivity index (χ1n) is 6.25. The van der Waals surface area contributed by atoms with Crippen LogP contribution in [0.2, 0.25) is 5.02 Å². The Balaban J connectivity index is 1.97. The fourth-order valence-electron chi connectivity index (χ4n) is 1.58. The van der Waals surface area contributed by atoms with E-state index >= 15 is 0 Å². The van der Waals surface area contributed by atoms with Crippen molar-refractivity contribution < 1.29 is 4.79 Å². The molecule has 104 valence electrons. The molecule has 0 aliphatic rings. The van der Waals surface area contributed by atoms with E-state index in [0.29, 0.717) is 6.54 Å². The van der Waals surface area contributed by atoms with Crippen molar-refractivity contribution in [2.45, 2.75) is 16.7 Å². The van der Waals surface area contributed by atoms with Crippen LogP contribution in [0.15, 0.2) is 58.3 Å². The highest BCUT2D eigenvalue weighted by Gasteiger charge is 2.01. The second kappa shape index (κ2) is 7.22. The van der Waals surface area contributed by atoms with Crippen LogP contribution in [0.1, 0.15) is 6.92 Å². The second-order valence-corrected chi connectivity index (χ2v) is 5.65. The maximum Gasteiger partial charge on any atom is 0.319 e. The fourth-order valence-corrected chi connectivity index (χ4v) is 2.52. The summed E-state index contributed by atoms with van der Waals surface area (Å²) in [7, 11) is 0. The van der Waals surface area contributed by atoms with Crippen molar-refractivity contribution in [2.24, 2.45) is 0 Å². The molecular weight excluding hydrogens is 292 g/mol. The number of urea groups is 1. The lowest BCUT2D eigenvalue weighted by Gasteiger charge is -2.07. The molecule has 0 fully saturated rings. The SMILES string of the molecule is CCNC(=O)Nc1ccc(Sc2ccc(Cl)cc2)cc1. The fraction of sp³-hybridized carbons (Fsp3) is 0.133. The van der Waals surface area contributed by atoms with Gasteiger partial charge in [-0.1, -0.05) is 23.4 Å². The van der Waals surface area contributed by atoms with Crippen LogP contribution in [0.5, 0.6) is 0 Å². The van der Waals surface area contributed by atoms with Crippen molar-refractivity contribution in [3.8, 4) is 0 Å². The first-order chi connectivity index (χ1) is 9.67. The normalized spacial score (nSPS) is 10.1. The molecule has 2 aromatic carbocycles. The third-order valence-corrected chi connectivity index (χ3v) is 3.77. The lowest BCUT2D eigenvalue weighted by molar-refractivity contribution is 0.252. The summed E-state index contributed by atoms with van der Waals surface area (Å²) in [6, 6.07) is 15.2. The number of rotatable bonds is 4.